The van der Waals surface area contributed by atoms with Gasteiger partial charge in [-0.1, -0.05) is 11.8 Å². The molecule has 3 aromatic heterocycles. The zero-order chi connectivity index (χ0) is 21.2. The normalized spacial score (nSPS) is 13.3. The average Bonchev–Trinajstić information content (AvgIpc) is 3.37. The van der Waals surface area contributed by atoms with Gasteiger partial charge < -0.3 is 5.32 Å². The molecule has 0 atom stereocenters. The van der Waals surface area contributed by atoms with Crippen LogP contribution in [0.4, 0.5) is 9.52 Å². The lowest BCUT2D eigenvalue weighted by atomic mass is 10.2. The molecule has 1 aliphatic carbocycles. The maximum Gasteiger partial charge on any atom is 0.236 e. The molecule has 10 heteroatoms. The zero-order valence-corrected chi connectivity index (χ0v) is 17.9. The molecule has 0 unspecified atom stereocenters. The minimum Gasteiger partial charge on any atom is -0.301 e. The Kier molecular flexibility index (Phi) is 5.47. The summed E-state index contributed by atoms with van der Waals surface area (Å²) in [6.07, 6.45) is 5.65. The molecule has 1 aromatic carbocycles. The Morgan fingerprint density at radius 2 is 2.03 bits per heavy atom. The van der Waals surface area contributed by atoms with Crippen LogP contribution in [0.2, 0.25) is 0 Å². The molecule has 1 amide bonds. The molecule has 1 aliphatic rings. The van der Waals surface area contributed by atoms with Crippen molar-refractivity contribution in [1.82, 2.24) is 24.7 Å². The number of carbonyl (C=O) groups excluding carboxylic acids is 1. The van der Waals surface area contributed by atoms with Crippen LogP contribution in [0.15, 0.2) is 59.3 Å². The zero-order valence-electron chi connectivity index (χ0n) is 16.2. The fraction of sp³-hybridized carbons (Fsp3) is 0.190. The van der Waals surface area contributed by atoms with E-state index in [2.05, 4.69) is 30.0 Å². The Balaban J connectivity index is 1.24. The predicted octanol–water partition coefficient (Wildman–Crippen LogP) is 4.67. The maximum atomic E-state index is 13.1. The number of hydrogen-bond acceptors (Lipinski definition) is 7. The number of benzene rings is 1. The smallest absolute Gasteiger partial charge is 0.236 e. The molecular weight excluding hydrogens is 435 g/mol. The predicted molar refractivity (Wildman–Crippen MR) is 118 cm³/mol. The summed E-state index contributed by atoms with van der Waals surface area (Å²) in [5.41, 5.74) is 2.41. The number of carbonyl (C=O) groups is 1. The van der Waals surface area contributed by atoms with Gasteiger partial charge in [-0.3, -0.25) is 14.3 Å². The van der Waals surface area contributed by atoms with Gasteiger partial charge in [0.15, 0.2) is 16.1 Å². The van der Waals surface area contributed by atoms with Gasteiger partial charge in [0.05, 0.1) is 11.4 Å². The highest BCUT2D eigenvalue weighted by atomic mass is 32.2. The number of nitrogens with one attached hydrogen (secondary N) is 1. The van der Waals surface area contributed by atoms with E-state index in [4.69, 9.17) is 0 Å². The van der Waals surface area contributed by atoms with Gasteiger partial charge in [0, 0.05) is 34.9 Å². The molecule has 0 aliphatic heterocycles. The largest absolute Gasteiger partial charge is 0.301 e. The molecule has 156 valence electrons. The van der Waals surface area contributed by atoms with E-state index < -0.39 is 0 Å². The second-order valence-electron chi connectivity index (χ2n) is 7.03. The van der Waals surface area contributed by atoms with Crippen molar-refractivity contribution in [2.45, 2.75) is 24.0 Å². The highest BCUT2D eigenvalue weighted by Crippen LogP contribution is 2.41. The molecule has 0 saturated heterocycles. The summed E-state index contributed by atoms with van der Waals surface area (Å²) in [4.78, 5) is 21.1. The minimum absolute atomic E-state index is 0.168. The second-order valence-corrected chi connectivity index (χ2v) is 8.83. The van der Waals surface area contributed by atoms with E-state index in [9.17, 15) is 9.18 Å². The third kappa shape index (κ3) is 4.49. The topological polar surface area (TPSA) is 85.6 Å². The van der Waals surface area contributed by atoms with Gasteiger partial charge in [0.2, 0.25) is 5.91 Å². The molecule has 4 aromatic rings. The average molecular weight is 453 g/mol. The van der Waals surface area contributed by atoms with Crippen LogP contribution < -0.4 is 5.32 Å². The summed E-state index contributed by atoms with van der Waals surface area (Å²) in [6, 6.07) is 10.3. The monoisotopic (exact) mass is 452 g/mol. The van der Waals surface area contributed by atoms with E-state index >= 15 is 0 Å². The van der Waals surface area contributed by atoms with Gasteiger partial charge in [-0.2, -0.15) is 0 Å². The summed E-state index contributed by atoms with van der Waals surface area (Å²) in [6.45, 7) is 0. The van der Waals surface area contributed by atoms with Crippen LogP contribution in [0.25, 0.3) is 22.6 Å². The molecule has 7 nitrogen and oxygen atoms in total. The van der Waals surface area contributed by atoms with Crippen LogP contribution in [0.3, 0.4) is 0 Å². The SMILES string of the molecule is O=C(CSc1nnc(-c2cccnc2)n1C1CC1)Nc1nc(-c2ccc(F)cc2)cs1. The van der Waals surface area contributed by atoms with Crippen molar-refractivity contribution in [3.63, 3.8) is 0 Å². The van der Waals surface area contributed by atoms with Crippen molar-refractivity contribution >= 4 is 34.1 Å². The number of nitrogens with zero attached hydrogens (tertiary/aromatic N) is 5. The summed E-state index contributed by atoms with van der Waals surface area (Å²) in [5, 5.41) is 14.5. The molecule has 0 bridgehead atoms. The fourth-order valence-electron chi connectivity index (χ4n) is 3.10. The van der Waals surface area contributed by atoms with Gasteiger partial charge in [-0.25, -0.2) is 9.37 Å². The lowest BCUT2D eigenvalue weighted by molar-refractivity contribution is -0.113. The first kappa shape index (κ1) is 19.8. The van der Waals surface area contributed by atoms with E-state index in [1.54, 1.807) is 24.5 Å². The third-order valence-electron chi connectivity index (χ3n) is 4.72. The molecule has 0 spiro atoms. The number of pyridine rings is 1. The molecule has 1 fully saturated rings. The Hall–Kier alpha value is -3.11. The molecule has 1 saturated carbocycles. The lowest BCUT2D eigenvalue weighted by Crippen LogP contribution is -2.14. The van der Waals surface area contributed by atoms with E-state index in [1.807, 2.05) is 17.5 Å². The van der Waals surface area contributed by atoms with Gasteiger partial charge in [-0.15, -0.1) is 21.5 Å². The first-order chi connectivity index (χ1) is 15.2. The van der Waals surface area contributed by atoms with E-state index in [1.165, 1.54) is 35.2 Å². The van der Waals surface area contributed by atoms with E-state index in [-0.39, 0.29) is 17.5 Å². The van der Waals surface area contributed by atoms with Crippen molar-refractivity contribution < 1.29 is 9.18 Å². The van der Waals surface area contributed by atoms with Crippen LogP contribution in [0.1, 0.15) is 18.9 Å². The molecule has 5 rings (SSSR count). The molecule has 31 heavy (non-hydrogen) atoms. The van der Waals surface area contributed by atoms with Crippen molar-refractivity contribution in [2.75, 3.05) is 11.1 Å². The summed E-state index contributed by atoms with van der Waals surface area (Å²) < 4.78 is 15.2. The standard InChI is InChI=1S/C21H17FN6OS2/c22-15-5-3-13(4-6-15)17-11-30-20(24-17)25-18(29)12-31-21-27-26-19(28(21)16-7-8-16)14-2-1-9-23-10-14/h1-6,9-11,16H,7-8,12H2,(H,24,25,29). The number of amides is 1. The Morgan fingerprint density at radius 1 is 1.19 bits per heavy atom. The fourth-order valence-corrected chi connectivity index (χ4v) is 4.64. The van der Waals surface area contributed by atoms with Crippen LogP contribution in [-0.4, -0.2) is 36.4 Å². The lowest BCUT2D eigenvalue weighted by Gasteiger charge is -2.08. The van der Waals surface area contributed by atoms with Crippen LogP contribution in [-0.2, 0) is 4.79 Å². The molecule has 3 heterocycles. The third-order valence-corrected chi connectivity index (χ3v) is 6.42. The van der Waals surface area contributed by atoms with Crippen molar-refractivity contribution in [3.8, 4) is 22.6 Å². The van der Waals surface area contributed by atoms with E-state index in [0.717, 1.165) is 34.9 Å². The van der Waals surface area contributed by atoms with Crippen molar-refractivity contribution in [1.29, 1.82) is 0 Å². The van der Waals surface area contributed by atoms with Crippen LogP contribution in [0, 0.1) is 5.82 Å². The quantitative estimate of drug-likeness (QED) is 0.410. The number of thioether (sulfide) groups is 1. The Morgan fingerprint density at radius 3 is 2.77 bits per heavy atom. The number of hydrogen-bond donors (Lipinski definition) is 1. The van der Waals surface area contributed by atoms with E-state index in [0.29, 0.717) is 16.9 Å². The molecule has 0 radical (unpaired) electrons. The number of anilines is 1. The highest BCUT2D eigenvalue weighted by Gasteiger charge is 2.30. The van der Waals surface area contributed by atoms with Gasteiger partial charge in [-0.05, 0) is 49.2 Å². The van der Waals surface area contributed by atoms with Gasteiger partial charge >= 0.3 is 0 Å². The number of aromatic nitrogens is 5. The van der Waals surface area contributed by atoms with Crippen molar-refractivity contribution in [3.05, 3.63) is 60.0 Å². The molecule has 1 N–H and O–H groups in total. The van der Waals surface area contributed by atoms with Gasteiger partial charge in [0.25, 0.3) is 0 Å². The summed E-state index contributed by atoms with van der Waals surface area (Å²) in [5.74, 6) is 0.513. The Labute approximate surface area is 185 Å². The van der Waals surface area contributed by atoms with Crippen molar-refractivity contribution in [2.24, 2.45) is 0 Å². The first-order valence-corrected chi connectivity index (χ1v) is 11.5. The number of thiazole rings is 1. The maximum absolute atomic E-state index is 13.1. The van der Waals surface area contributed by atoms with Crippen LogP contribution >= 0.6 is 23.1 Å². The number of rotatable bonds is 7. The summed E-state index contributed by atoms with van der Waals surface area (Å²) >= 11 is 2.69. The number of halogens is 1. The summed E-state index contributed by atoms with van der Waals surface area (Å²) in [7, 11) is 0. The van der Waals surface area contributed by atoms with Crippen LogP contribution in [0.5, 0.6) is 0 Å². The molecular formula is C21H17FN6OS2. The van der Waals surface area contributed by atoms with Gasteiger partial charge in [0.1, 0.15) is 5.82 Å². The highest BCUT2D eigenvalue weighted by molar-refractivity contribution is 7.99. The first-order valence-electron chi connectivity index (χ1n) is 9.67. The minimum atomic E-state index is -0.296. The Bertz CT molecular complexity index is 1200. The second kappa shape index (κ2) is 8.56.